The van der Waals surface area contributed by atoms with E-state index >= 15 is 0 Å². The van der Waals surface area contributed by atoms with Crippen molar-refractivity contribution < 1.29 is 4.74 Å². The molecule has 3 heteroatoms. The van der Waals surface area contributed by atoms with Gasteiger partial charge in [0.1, 0.15) is 12.4 Å². The van der Waals surface area contributed by atoms with E-state index in [1.165, 1.54) is 11.1 Å². The van der Waals surface area contributed by atoms with Gasteiger partial charge in [-0.2, -0.15) is 0 Å². The zero-order valence-corrected chi connectivity index (χ0v) is 11.1. The number of benzene rings is 1. The summed E-state index contributed by atoms with van der Waals surface area (Å²) >= 11 is 0. The molecule has 3 rings (SSSR count). The Bertz CT molecular complexity index is 479. The number of hydrogen-bond donors (Lipinski definition) is 0. The number of rotatable bonds is 2. The Morgan fingerprint density at radius 2 is 2.28 bits per heavy atom. The molecule has 3 nitrogen and oxygen atoms in total. The lowest BCUT2D eigenvalue weighted by molar-refractivity contribution is 0.113. The van der Waals surface area contributed by atoms with Crippen LogP contribution in [0.3, 0.4) is 0 Å². The van der Waals surface area contributed by atoms with Gasteiger partial charge in [-0.1, -0.05) is 26.0 Å². The normalized spacial score (nSPS) is 18.4. The molecule has 1 aromatic rings. The Kier molecular flexibility index (Phi) is 3.08. The van der Waals surface area contributed by atoms with Crippen LogP contribution >= 0.6 is 0 Å². The average molecular weight is 244 g/mol. The van der Waals surface area contributed by atoms with Crippen molar-refractivity contribution in [2.75, 3.05) is 19.8 Å². The van der Waals surface area contributed by atoms with Crippen molar-refractivity contribution in [2.45, 2.75) is 26.8 Å². The monoisotopic (exact) mass is 244 g/mol. The highest BCUT2D eigenvalue weighted by molar-refractivity contribution is 5.88. The molecular formula is C15H20N2O. The summed E-state index contributed by atoms with van der Waals surface area (Å²) in [5, 5.41) is 0. The molecule has 0 N–H and O–H groups in total. The Hall–Kier alpha value is -1.35. The van der Waals surface area contributed by atoms with Gasteiger partial charge in [-0.25, -0.2) is 4.99 Å². The Morgan fingerprint density at radius 3 is 3.11 bits per heavy atom. The highest BCUT2D eigenvalue weighted by atomic mass is 16.5. The average Bonchev–Trinajstić information content (AvgIpc) is 2.35. The molecule has 1 saturated heterocycles. The molecule has 0 saturated carbocycles. The van der Waals surface area contributed by atoms with Crippen LogP contribution in [-0.4, -0.2) is 30.5 Å². The summed E-state index contributed by atoms with van der Waals surface area (Å²) in [7, 11) is 0. The van der Waals surface area contributed by atoms with E-state index in [0.717, 1.165) is 37.6 Å². The largest absolute Gasteiger partial charge is 0.372 e. The minimum absolute atomic E-state index is 0.660. The predicted molar refractivity (Wildman–Crippen MR) is 73.3 cm³/mol. The van der Waals surface area contributed by atoms with E-state index in [-0.39, 0.29) is 0 Å². The third-order valence-corrected chi connectivity index (χ3v) is 3.50. The summed E-state index contributed by atoms with van der Waals surface area (Å²) in [6, 6.07) is 6.69. The number of aliphatic imine (C=N–C) groups is 1. The fourth-order valence-corrected chi connectivity index (χ4v) is 2.65. The quantitative estimate of drug-likeness (QED) is 0.799. The molecule has 0 amide bonds. The second-order valence-corrected chi connectivity index (χ2v) is 5.56. The van der Waals surface area contributed by atoms with Gasteiger partial charge >= 0.3 is 0 Å². The van der Waals surface area contributed by atoms with Crippen LogP contribution < -0.4 is 0 Å². The van der Waals surface area contributed by atoms with E-state index in [1.807, 2.05) is 0 Å². The summed E-state index contributed by atoms with van der Waals surface area (Å²) in [6.07, 6.45) is 1.15. The van der Waals surface area contributed by atoms with Gasteiger partial charge in [0.2, 0.25) is 0 Å². The summed E-state index contributed by atoms with van der Waals surface area (Å²) < 4.78 is 5.46. The topological polar surface area (TPSA) is 24.8 Å². The maximum Gasteiger partial charge on any atom is 0.131 e. The minimum Gasteiger partial charge on any atom is -0.372 e. The van der Waals surface area contributed by atoms with Crippen molar-refractivity contribution in [1.29, 1.82) is 0 Å². The maximum atomic E-state index is 5.46. The highest BCUT2D eigenvalue weighted by Crippen LogP contribution is 2.28. The molecule has 1 aromatic carbocycles. The van der Waals surface area contributed by atoms with Gasteiger partial charge in [0.15, 0.2) is 0 Å². The first-order valence-electron chi connectivity index (χ1n) is 6.74. The Labute approximate surface area is 108 Å². The molecule has 0 unspecified atom stereocenters. The number of nitrogens with zero attached hydrogens (tertiary/aromatic N) is 2. The van der Waals surface area contributed by atoms with Crippen molar-refractivity contribution in [3.63, 3.8) is 0 Å². The molecule has 96 valence electrons. The fraction of sp³-hybridized carbons (Fsp3) is 0.533. The molecule has 2 heterocycles. The first-order valence-corrected chi connectivity index (χ1v) is 6.74. The summed E-state index contributed by atoms with van der Waals surface area (Å²) in [6.45, 7) is 7.96. The van der Waals surface area contributed by atoms with E-state index in [4.69, 9.17) is 9.73 Å². The van der Waals surface area contributed by atoms with Gasteiger partial charge < -0.3 is 9.64 Å². The van der Waals surface area contributed by atoms with Crippen molar-refractivity contribution in [3.8, 4) is 0 Å². The summed E-state index contributed by atoms with van der Waals surface area (Å²) in [5.74, 6) is 1.79. The van der Waals surface area contributed by atoms with Crippen LogP contribution in [0.5, 0.6) is 0 Å². The number of fused-ring (bicyclic) bond motifs is 2. The third kappa shape index (κ3) is 2.27. The predicted octanol–water partition coefficient (Wildman–Crippen LogP) is 2.76. The fourth-order valence-electron chi connectivity index (χ4n) is 2.65. The number of morpholine rings is 1. The molecule has 0 atom stereocenters. The molecule has 18 heavy (non-hydrogen) atoms. The molecular weight excluding hydrogens is 224 g/mol. The van der Waals surface area contributed by atoms with Crippen LogP contribution in [0.1, 0.15) is 25.0 Å². The molecule has 0 aliphatic carbocycles. The molecule has 0 spiro atoms. The van der Waals surface area contributed by atoms with Gasteiger partial charge in [0.25, 0.3) is 0 Å². The van der Waals surface area contributed by atoms with Crippen molar-refractivity contribution in [3.05, 3.63) is 29.3 Å². The zero-order valence-electron chi connectivity index (χ0n) is 11.1. The lowest BCUT2D eigenvalue weighted by atomic mass is 9.99. The van der Waals surface area contributed by atoms with E-state index in [2.05, 4.69) is 36.9 Å². The van der Waals surface area contributed by atoms with E-state index in [9.17, 15) is 0 Å². The first-order chi connectivity index (χ1) is 8.72. The van der Waals surface area contributed by atoms with Gasteiger partial charge in [-0.05, 0) is 29.5 Å². The standard InChI is InChI=1S/C15H20N2O/c1-11(2)7-12-3-4-14-13(8-12)9-17-5-6-18-10-15(17)16-14/h3-4,8,11H,5-7,9-10H2,1-2H3. The number of amidine groups is 1. The van der Waals surface area contributed by atoms with E-state index < -0.39 is 0 Å². The molecule has 1 fully saturated rings. The zero-order chi connectivity index (χ0) is 12.5. The minimum atomic E-state index is 0.660. The first kappa shape index (κ1) is 11.7. The lowest BCUT2D eigenvalue weighted by Gasteiger charge is -2.34. The smallest absolute Gasteiger partial charge is 0.131 e. The van der Waals surface area contributed by atoms with Gasteiger partial charge in [0.05, 0.1) is 12.3 Å². The van der Waals surface area contributed by atoms with Crippen molar-refractivity contribution in [2.24, 2.45) is 10.9 Å². The number of ether oxygens (including phenoxy) is 1. The summed E-state index contributed by atoms with van der Waals surface area (Å²) in [5.41, 5.74) is 3.91. The summed E-state index contributed by atoms with van der Waals surface area (Å²) in [4.78, 5) is 7.04. The van der Waals surface area contributed by atoms with Gasteiger partial charge in [0, 0.05) is 13.1 Å². The lowest BCUT2D eigenvalue weighted by Crippen LogP contribution is -2.42. The van der Waals surface area contributed by atoms with Crippen LogP contribution in [0.15, 0.2) is 23.2 Å². The van der Waals surface area contributed by atoms with Crippen molar-refractivity contribution in [1.82, 2.24) is 4.90 Å². The second-order valence-electron chi connectivity index (χ2n) is 5.56. The molecule has 0 radical (unpaired) electrons. The Morgan fingerprint density at radius 1 is 1.39 bits per heavy atom. The second kappa shape index (κ2) is 4.73. The molecule has 0 bridgehead atoms. The van der Waals surface area contributed by atoms with E-state index in [1.54, 1.807) is 0 Å². The van der Waals surface area contributed by atoms with E-state index in [0.29, 0.717) is 12.5 Å². The maximum absolute atomic E-state index is 5.46. The van der Waals surface area contributed by atoms with Gasteiger partial charge in [-0.3, -0.25) is 0 Å². The van der Waals surface area contributed by atoms with Crippen LogP contribution in [0, 0.1) is 5.92 Å². The third-order valence-electron chi connectivity index (χ3n) is 3.50. The highest BCUT2D eigenvalue weighted by Gasteiger charge is 2.22. The molecule has 2 aliphatic heterocycles. The van der Waals surface area contributed by atoms with Crippen molar-refractivity contribution >= 4 is 11.5 Å². The number of hydrogen-bond acceptors (Lipinski definition) is 3. The Balaban J connectivity index is 1.89. The van der Waals surface area contributed by atoms with Crippen LogP contribution in [-0.2, 0) is 17.7 Å². The van der Waals surface area contributed by atoms with Crippen LogP contribution in [0.4, 0.5) is 5.69 Å². The van der Waals surface area contributed by atoms with Crippen LogP contribution in [0.25, 0.3) is 0 Å². The van der Waals surface area contributed by atoms with Crippen LogP contribution in [0.2, 0.25) is 0 Å². The SMILES string of the molecule is CC(C)Cc1ccc2c(c1)CN1CCOCC1=N2. The molecule has 0 aromatic heterocycles. The van der Waals surface area contributed by atoms with Gasteiger partial charge in [-0.15, -0.1) is 0 Å². The molecule has 2 aliphatic rings.